The van der Waals surface area contributed by atoms with Gasteiger partial charge in [-0.15, -0.1) is 0 Å². The van der Waals surface area contributed by atoms with Gasteiger partial charge in [0.05, 0.1) is 6.10 Å². The smallest absolute Gasteiger partial charge is 0.0643 e. The summed E-state index contributed by atoms with van der Waals surface area (Å²) in [4.78, 5) is 0. The van der Waals surface area contributed by atoms with Gasteiger partial charge in [0.15, 0.2) is 0 Å². The summed E-state index contributed by atoms with van der Waals surface area (Å²) in [5, 5.41) is 0. The van der Waals surface area contributed by atoms with E-state index in [4.69, 9.17) is 4.74 Å². The fourth-order valence-electron chi connectivity index (χ4n) is 2.30. The normalized spacial score (nSPS) is 37.9. The van der Waals surface area contributed by atoms with Crippen LogP contribution in [0.5, 0.6) is 0 Å². The summed E-state index contributed by atoms with van der Waals surface area (Å²) in [6, 6.07) is 0. The molecule has 2 bridgehead atoms. The molecule has 1 saturated carbocycles. The average Bonchev–Trinajstić information content (AvgIpc) is 2.65. The predicted octanol–water partition coefficient (Wildman–Crippen LogP) is 2.77. The average molecular weight is 166 g/mol. The molecule has 0 amide bonds. The van der Waals surface area contributed by atoms with E-state index in [0.29, 0.717) is 6.10 Å². The number of allylic oxidation sites excluding steroid dienone is 1. The topological polar surface area (TPSA) is 9.23 Å². The molecule has 1 heteroatoms. The van der Waals surface area contributed by atoms with Crippen LogP contribution in [0.4, 0.5) is 0 Å². The van der Waals surface area contributed by atoms with Gasteiger partial charge < -0.3 is 4.74 Å². The third kappa shape index (κ3) is 1.56. The maximum absolute atomic E-state index is 5.83. The summed E-state index contributed by atoms with van der Waals surface area (Å²) in [7, 11) is 0. The Bertz CT molecular complexity index is 174. The predicted molar refractivity (Wildman–Crippen MR) is 50.0 cm³/mol. The van der Waals surface area contributed by atoms with Crippen molar-refractivity contribution in [2.75, 3.05) is 6.61 Å². The minimum atomic E-state index is 0.562. The zero-order chi connectivity index (χ0) is 8.39. The fraction of sp³-hybridized carbons (Fsp3) is 0.818. The first-order chi connectivity index (χ1) is 5.90. The van der Waals surface area contributed by atoms with Crippen LogP contribution in [0.25, 0.3) is 0 Å². The Morgan fingerprint density at radius 3 is 2.83 bits per heavy atom. The molecular formula is C11H18O. The summed E-state index contributed by atoms with van der Waals surface area (Å²) in [6.07, 6.45) is 10.4. The zero-order valence-electron chi connectivity index (χ0n) is 7.83. The second kappa shape index (κ2) is 3.61. The molecule has 1 nitrogen and oxygen atoms in total. The quantitative estimate of drug-likeness (QED) is 0.461. The van der Waals surface area contributed by atoms with Crippen LogP contribution in [-0.4, -0.2) is 12.7 Å². The van der Waals surface area contributed by atoms with E-state index in [0.717, 1.165) is 18.4 Å². The molecule has 12 heavy (non-hydrogen) atoms. The highest BCUT2D eigenvalue weighted by molar-refractivity contribution is 5.10. The summed E-state index contributed by atoms with van der Waals surface area (Å²) < 4.78 is 5.83. The second-order valence-electron chi connectivity index (χ2n) is 4.04. The molecule has 0 radical (unpaired) electrons. The van der Waals surface area contributed by atoms with E-state index in [9.17, 15) is 0 Å². The van der Waals surface area contributed by atoms with Crippen LogP contribution in [-0.2, 0) is 4.74 Å². The first kappa shape index (κ1) is 8.31. The van der Waals surface area contributed by atoms with Crippen molar-refractivity contribution in [3.8, 4) is 0 Å². The molecule has 2 rings (SSSR count). The Hall–Kier alpha value is -0.300. The molecule has 0 aromatic rings. The van der Waals surface area contributed by atoms with Crippen LogP contribution >= 0.6 is 0 Å². The lowest BCUT2D eigenvalue weighted by Gasteiger charge is -2.18. The van der Waals surface area contributed by atoms with Crippen molar-refractivity contribution in [3.63, 3.8) is 0 Å². The lowest BCUT2D eigenvalue weighted by molar-refractivity contribution is 0.0350. The molecular weight excluding hydrogens is 148 g/mol. The number of fused-ring (bicyclic) bond motifs is 2. The minimum absolute atomic E-state index is 0.562. The molecule has 3 unspecified atom stereocenters. The Kier molecular flexibility index (Phi) is 2.50. The number of hydrogen-bond acceptors (Lipinski definition) is 1. The highest BCUT2D eigenvalue weighted by Gasteiger charge is 2.35. The first-order valence-electron chi connectivity index (χ1n) is 5.20. The molecule has 0 N–H and O–H groups in total. The van der Waals surface area contributed by atoms with E-state index in [-0.39, 0.29) is 0 Å². The van der Waals surface area contributed by atoms with Gasteiger partial charge in [0.2, 0.25) is 0 Å². The van der Waals surface area contributed by atoms with E-state index >= 15 is 0 Å². The summed E-state index contributed by atoms with van der Waals surface area (Å²) in [5.41, 5.74) is 0. The van der Waals surface area contributed by atoms with E-state index in [2.05, 4.69) is 19.1 Å². The van der Waals surface area contributed by atoms with Crippen molar-refractivity contribution >= 4 is 0 Å². The van der Waals surface area contributed by atoms with Crippen molar-refractivity contribution in [1.82, 2.24) is 0 Å². The molecule has 2 aliphatic carbocycles. The second-order valence-corrected chi connectivity index (χ2v) is 4.04. The zero-order valence-corrected chi connectivity index (χ0v) is 7.83. The SMILES string of the molecule is CCCCOC1CC2C=CC1C2. The van der Waals surface area contributed by atoms with Crippen molar-refractivity contribution in [1.29, 1.82) is 0 Å². The maximum Gasteiger partial charge on any atom is 0.0643 e. The molecule has 0 saturated heterocycles. The van der Waals surface area contributed by atoms with Crippen LogP contribution < -0.4 is 0 Å². The van der Waals surface area contributed by atoms with Crippen molar-refractivity contribution in [3.05, 3.63) is 12.2 Å². The van der Waals surface area contributed by atoms with Crippen LogP contribution in [0.1, 0.15) is 32.6 Å². The van der Waals surface area contributed by atoms with Gasteiger partial charge in [0, 0.05) is 12.5 Å². The van der Waals surface area contributed by atoms with Gasteiger partial charge in [-0.05, 0) is 25.2 Å². The number of unbranched alkanes of at least 4 members (excludes halogenated alkanes) is 1. The van der Waals surface area contributed by atoms with Crippen molar-refractivity contribution < 1.29 is 4.74 Å². The van der Waals surface area contributed by atoms with E-state index < -0.39 is 0 Å². The largest absolute Gasteiger partial charge is 0.378 e. The van der Waals surface area contributed by atoms with E-state index in [1.807, 2.05) is 0 Å². The highest BCUT2D eigenvalue weighted by Crippen LogP contribution is 2.40. The first-order valence-corrected chi connectivity index (χ1v) is 5.20. The van der Waals surface area contributed by atoms with Crippen LogP contribution in [0.2, 0.25) is 0 Å². The molecule has 3 atom stereocenters. The van der Waals surface area contributed by atoms with Gasteiger partial charge in [-0.1, -0.05) is 25.5 Å². The third-order valence-electron chi connectivity index (χ3n) is 3.05. The molecule has 0 heterocycles. The lowest BCUT2D eigenvalue weighted by atomic mass is 10.0. The van der Waals surface area contributed by atoms with Crippen molar-refractivity contribution in [2.24, 2.45) is 11.8 Å². The lowest BCUT2D eigenvalue weighted by Crippen LogP contribution is -2.18. The van der Waals surface area contributed by atoms with Crippen LogP contribution in [0.3, 0.4) is 0 Å². The summed E-state index contributed by atoms with van der Waals surface area (Å²) in [5.74, 6) is 1.61. The van der Waals surface area contributed by atoms with E-state index in [1.165, 1.54) is 25.7 Å². The Labute approximate surface area is 74.8 Å². The molecule has 0 aromatic heterocycles. The molecule has 2 aliphatic rings. The van der Waals surface area contributed by atoms with Gasteiger partial charge in [0.1, 0.15) is 0 Å². The molecule has 0 aliphatic heterocycles. The van der Waals surface area contributed by atoms with Crippen LogP contribution in [0, 0.1) is 11.8 Å². The number of rotatable bonds is 4. The Morgan fingerprint density at radius 1 is 1.33 bits per heavy atom. The van der Waals surface area contributed by atoms with Gasteiger partial charge in [-0.3, -0.25) is 0 Å². The standard InChI is InChI=1S/C11H18O/c1-2-3-6-12-11-8-9-4-5-10(11)7-9/h4-5,9-11H,2-3,6-8H2,1H3. The van der Waals surface area contributed by atoms with Gasteiger partial charge >= 0.3 is 0 Å². The summed E-state index contributed by atoms with van der Waals surface area (Å²) in [6.45, 7) is 3.18. The maximum atomic E-state index is 5.83. The van der Waals surface area contributed by atoms with Crippen LogP contribution in [0.15, 0.2) is 12.2 Å². The minimum Gasteiger partial charge on any atom is -0.378 e. The van der Waals surface area contributed by atoms with Gasteiger partial charge in [-0.2, -0.15) is 0 Å². The van der Waals surface area contributed by atoms with E-state index in [1.54, 1.807) is 0 Å². The third-order valence-corrected chi connectivity index (χ3v) is 3.05. The monoisotopic (exact) mass is 166 g/mol. The van der Waals surface area contributed by atoms with Gasteiger partial charge in [-0.25, -0.2) is 0 Å². The summed E-state index contributed by atoms with van der Waals surface area (Å²) >= 11 is 0. The number of ether oxygens (including phenoxy) is 1. The molecule has 0 aromatic carbocycles. The highest BCUT2D eigenvalue weighted by atomic mass is 16.5. The van der Waals surface area contributed by atoms with Crippen molar-refractivity contribution in [2.45, 2.75) is 38.7 Å². The number of hydrogen-bond donors (Lipinski definition) is 0. The molecule has 1 fully saturated rings. The molecule has 0 spiro atoms. The van der Waals surface area contributed by atoms with Gasteiger partial charge in [0.25, 0.3) is 0 Å². The molecule has 68 valence electrons. The fourth-order valence-corrected chi connectivity index (χ4v) is 2.30. The Morgan fingerprint density at radius 2 is 2.25 bits per heavy atom. The Balaban J connectivity index is 1.73.